The number of nitrogens with zero attached hydrogens (tertiary/aromatic N) is 3. The van der Waals surface area contributed by atoms with Gasteiger partial charge in [-0.1, -0.05) is 60.2 Å². The lowest BCUT2D eigenvalue weighted by molar-refractivity contribution is -0.122. The zero-order valence-electron chi connectivity index (χ0n) is 16.0. The summed E-state index contributed by atoms with van der Waals surface area (Å²) in [6.07, 6.45) is 2.57. The van der Waals surface area contributed by atoms with Crippen molar-refractivity contribution >= 4 is 22.6 Å². The van der Waals surface area contributed by atoms with Gasteiger partial charge in [-0.3, -0.25) is 4.79 Å². The lowest BCUT2D eigenvalue weighted by Gasteiger charge is -2.22. The van der Waals surface area contributed by atoms with Crippen molar-refractivity contribution in [1.29, 1.82) is 0 Å². The highest BCUT2D eigenvalue weighted by Gasteiger charge is 2.32. The number of benzene rings is 2. The quantitative estimate of drug-likeness (QED) is 0.695. The van der Waals surface area contributed by atoms with Gasteiger partial charge in [0, 0.05) is 31.0 Å². The topological polar surface area (TPSA) is 58.1 Å². The fourth-order valence-electron chi connectivity index (χ4n) is 3.49. The van der Waals surface area contributed by atoms with Gasteiger partial charge in [0.25, 0.3) is 0 Å². The Morgan fingerprint density at radius 1 is 1.14 bits per heavy atom. The first-order chi connectivity index (χ1) is 13.7. The molecule has 0 bridgehead atoms. The van der Waals surface area contributed by atoms with Crippen molar-refractivity contribution in [1.82, 2.24) is 14.7 Å². The van der Waals surface area contributed by atoms with Crippen LogP contribution in [0, 0.1) is 6.92 Å². The van der Waals surface area contributed by atoms with E-state index in [4.69, 9.17) is 4.98 Å². The molecule has 28 heavy (non-hydrogen) atoms. The molecule has 1 fully saturated rings. The standard InChI is InChI=1S/C22H24N4OS/c1-16-9-11-17(12-10-16)14-20-24-22(28-25-20)26-13-5-8-19(26)21(27)23-15-18-6-3-2-4-7-18/h2-4,6-7,9-12,19H,5,8,13-15H2,1H3,(H,23,27). The van der Waals surface area contributed by atoms with E-state index < -0.39 is 0 Å². The van der Waals surface area contributed by atoms with E-state index in [1.807, 2.05) is 30.3 Å². The number of amides is 1. The molecule has 1 N–H and O–H groups in total. The van der Waals surface area contributed by atoms with Crippen LogP contribution >= 0.6 is 11.5 Å². The Labute approximate surface area is 169 Å². The van der Waals surface area contributed by atoms with Crippen LogP contribution in [0.1, 0.15) is 35.4 Å². The third-order valence-electron chi connectivity index (χ3n) is 5.05. The van der Waals surface area contributed by atoms with Crippen molar-refractivity contribution in [3.05, 3.63) is 77.1 Å². The highest BCUT2D eigenvalue weighted by Crippen LogP contribution is 2.27. The molecular weight excluding hydrogens is 368 g/mol. The molecule has 1 saturated heterocycles. The molecule has 3 aromatic rings. The van der Waals surface area contributed by atoms with E-state index in [1.165, 1.54) is 22.7 Å². The summed E-state index contributed by atoms with van der Waals surface area (Å²) in [5.41, 5.74) is 3.56. The summed E-state index contributed by atoms with van der Waals surface area (Å²) in [6.45, 7) is 3.49. The van der Waals surface area contributed by atoms with Gasteiger partial charge in [0.1, 0.15) is 11.9 Å². The van der Waals surface area contributed by atoms with Gasteiger partial charge in [-0.25, -0.2) is 4.98 Å². The highest BCUT2D eigenvalue weighted by molar-refractivity contribution is 7.09. The number of aromatic nitrogens is 2. The summed E-state index contributed by atoms with van der Waals surface area (Å²) in [5, 5.41) is 3.92. The first-order valence-corrected chi connectivity index (χ1v) is 10.4. The molecule has 1 atom stereocenters. The van der Waals surface area contributed by atoms with E-state index in [9.17, 15) is 4.79 Å². The van der Waals surface area contributed by atoms with Crippen molar-refractivity contribution in [2.45, 2.75) is 38.8 Å². The van der Waals surface area contributed by atoms with Gasteiger partial charge >= 0.3 is 0 Å². The zero-order chi connectivity index (χ0) is 19.3. The Bertz CT molecular complexity index is 923. The number of hydrogen-bond acceptors (Lipinski definition) is 5. The fraction of sp³-hybridized carbons (Fsp3) is 0.318. The monoisotopic (exact) mass is 392 g/mol. The smallest absolute Gasteiger partial charge is 0.243 e. The number of nitrogens with one attached hydrogen (secondary N) is 1. The summed E-state index contributed by atoms with van der Waals surface area (Å²) in [5.74, 6) is 0.885. The van der Waals surface area contributed by atoms with Gasteiger partial charge in [-0.15, -0.1) is 0 Å². The van der Waals surface area contributed by atoms with Crippen LogP contribution in [0.2, 0.25) is 0 Å². The van der Waals surface area contributed by atoms with Crippen molar-refractivity contribution in [2.75, 3.05) is 11.4 Å². The lowest BCUT2D eigenvalue weighted by Crippen LogP contribution is -2.43. The predicted molar refractivity (Wildman–Crippen MR) is 113 cm³/mol. The predicted octanol–water partition coefficient (Wildman–Crippen LogP) is 3.72. The fourth-order valence-corrected chi connectivity index (χ4v) is 4.25. The van der Waals surface area contributed by atoms with Crippen LogP contribution in [0.15, 0.2) is 54.6 Å². The van der Waals surface area contributed by atoms with E-state index >= 15 is 0 Å². The molecule has 2 heterocycles. The van der Waals surface area contributed by atoms with Gasteiger partial charge < -0.3 is 10.2 Å². The first-order valence-electron chi connectivity index (χ1n) is 9.65. The van der Waals surface area contributed by atoms with Crippen LogP contribution in [0.5, 0.6) is 0 Å². The van der Waals surface area contributed by atoms with Crippen LogP contribution in [0.3, 0.4) is 0 Å². The molecule has 2 aromatic carbocycles. The number of aryl methyl sites for hydroxylation is 1. The Hall–Kier alpha value is -2.73. The number of carbonyl (C=O) groups is 1. The molecule has 0 spiro atoms. The second kappa shape index (κ2) is 8.52. The van der Waals surface area contributed by atoms with Crippen LogP contribution < -0.4 is 10.2 Å². The van der Waals surface area contributed by atoms with Crippen molar-refractivity contribution in [3.63, 3.8) is 0 Å². The van der Waals surface area contributed by atoms with Crippen molar-refractivity contribution < 1.29 is 4.79 Å². The third kappa shape index (κ3) is 4.39. The molecule has 0 radical (unpaired) electrons. The van der Waals surface area contributed by atoms with Gasteiger partial charge in [0.15, 0.2) is 0 Å². The summed E-state index contributed by atoms with van der Waals surface area (Å²) >= 11 is 1.39. The second-order valence-electron chi connectivity index (χ2n) is 7.21. The van der Waals surface area contributed by atoms with Crippen LogP contribution in [-0.2, 0) is 17.8 Å². The number of anilines is 1. The van der Waals surface area contributed by atoms with Crippen LogP contribution in [0.4, 0.5) is 5.13 Å². The molecule has 144 valence electrons. The minimum atomic E-state index is -0.163. The molecule has 1 unspecified atom stereocenters. The summed E-state index contributed by atoms with van der Waals surface area (Å²) < 4.78 is 4.52. The second-order valence-corrected chi connectivity index (χ2v) is 7.94. The minimum absolute atomic E-state index is 0.0663. The summed E-state index contributed by atoms with van der Waals surface area (Å²) in [7, 11) is 0. The molecule has 5 nitrogen and oxygen atoms in total. The maximum atomic E-state index is 12.7. The molecular formula is C22H24N4OS. The Kier molecular flexibility index (Phi) is 5.67. The summed E-state index contributed by atoms with van der Waals surface area (Å²) in [4.78, 5) is 19.6. The van der Waals surface area contributed by atoms with Gasteiger partial charge in [-0.2, -0.15) is 4.37 Å². The molecule has 0 saturated carbocycles. The third-order valence-corrected chi connectivity index (χ3v) is 5.84. The van der Waals surface area contributed by atoms with E-state index in [0.29, 0.717) is 6.54 Å². The van der Waals surface area contributed by atoms with E-state index in [-0.39, 0.29) is 11.9 Å². The normalized spacial score (nSPS) is 16.3. The largest absolute Gasteiger partial charge is 0.350 e. The summed E-state index contributed by atoms with van der Waals surface area (Å²) in [6, 6.07) is 18.3. The lowest BCUT2D eigenvalue weighted by atomic mass is 10.1. The SMILES string of the molecule is Cc1ccc(Cc2nsc(N3CCCC3C(=O)NCc3ccccc3)n2)cc1. The van der Waals surface area contributed by atoms with Crippen LogP contribution in [0.25, 0.3) is 0 Å². The molecule has 1 aliphatic rings. The van der Waals surface area contributed by atoms with Crippen molar-refractivity contribution in [2.24, 2.45) is 0 Å². The molecule has 1 aliphatic heterocycles. The maximum Gasteiger partial charge on any atom is 0.243 e. The molecule has 6 heteroatoms. The van der Waals surface area contributed by atoms with Gasteiger partial charge in [-0.05, 0) is 30.9 Å². The number of hydrogen-bond donors (Lipinski definition) is 1. The van der Waals surface area contributed by atoms with E-state index in [0.717, 1.165) is 42.3 Å². The van der Waals surface area contributed by atoms with E-state index in [1.54, 1.807) is 0 Å². The average Bonchev–Trinajstić information content (AvgIpc) is 3.38. The zero-order valence-corrected chi connectivity index (χ0v) is 16.8. The Morgan fingerprint density at radius 3 is 2.71 bits per heavy atom. The maximum absolute atomic E-state index is 12.7. The molecule has 1 aromatic heterocycles. The van der Waals surface area contributed by atoms with Gasteiger partial charge in [0.05, 0.1) is 0 Å². The van der Waals surface area contributed by atoms with Gasteiger partial charge in [0.2, 0.25) is 11.0 Å². The molecule has 4 rings (SSSR count). The van der Waals surface area contributed by atoms with E-state index in [2.05, 4.69) is 45.8 Å². The first kappa shape index (κ1) is 18.6. The Balaban J connectivity index is 1.39. The molecule has 1 amide bonds. The number of rotatable bonds is 6. The highest BCUT2D eigenvalue weighted by atomic mass is 32.1. The van der Waals surface area contributed by atoms with Crippen LogP contribution in [-0.4, -0.2) is 27.9 Å². The Morgan fingerprint density at radius 2 is 1.93 bits per heavy atom. The molecule has 0 aliphatic carbocycles. The minimum Gasteiger partial charge on any atom is -0.350 e. The number of carbonyl (C=O) groups excluding carboxylic acids is 1. The average molecular weight is 393 g/mol. The van der Waals surface area contributed by atoms with Crippen molar-refractivity contribution in [3.8, 4) is 0 Å².